The molecule has 4 rings (SSSR count). The molecule has 0 spiro atoms. The number of nitrogens with one attached hydrogen (secondary N) is 1. The van der Waals surface area contributed by atoms with Crippen molar-refractivity contribution in [3.8, 4) is 5.75 Å². The van der Waals surface area contributed by atoms with Crippen LogP contribution in [0.4, 0.5) is 11.9 Å². The summed E-state index contributed by atoms with van der Waals surface area (Å²) in [6.07, 6.45) is 1.91. The number of hydrogen-bond donors (Lipinski definition) is 2. The van der Waals surface area contributed by atoms with Crippen LogP contribution in [0, 0.1) is 0 Å². The van der Waals surface area contributed by atoms with Crippen LogP contribution in [0.25, 0.3) is 0 Å². The molecule has 1 aliphatic rings. The van der Waals surface area contributed by atoms with Crippen molar-refractivity contribution in [2.45, 2.75) is 31.8 Å². The molecule has 6 heteroatoms. The Bertz CT molecular complexity index is 886. The van der Waals surface area contributed by atoms with Crippen LogP contribution >= 0.6 is 0 Å². The number of nitrogens with zero attached hydrogens (tertiary/aromatic N) is 3. The normalized spacial score (nSPS) is 18.8. The molecular formula is C20H23N5O. The third kappa shape index (κ3) is 2.98. The minimum Gasteiger partial charge on any atom is -0.497 e. The van der Waals surface area contributed by atoms with Gasteiger partial charge in [-0.05, 0) is 41.7 Å². The van der Waals surface area contributed by atoms with E-state index in [2.05, 4.69) is 58.7 Å². The lowest BCUT2D eigenvalue weighted by Gasteiger charge is -2.31. The van der Waals surface area contributed by atoms with E-state index < -0.39 is 0 Å². The summed E-state index contributed by atoms with van der Waals surface area (Å²) >= 11 is 0. The maximum Gasteiger partial charge on any atom is 0.241 e. The number of benzene rings is 2. The Morgan fingerprint density at radius 1 is 1.12 bits per heavy atom. The fourth-order valence-electron chi connectivity index (χ4n) is 3.50. The van der Waals surface area contributed by atoms with Gasteiger partial charge in [-0.15, -0.1) is 5.10 Å². The van der Waals surface area contributed by atoms with Crippen LogP contribution in [0.2, 0.25) is 0 Å². The number of rotatable bonds is 4. The largest absolute Gasteiger partial charge is 0.497 e. The van der Waals surface area contributed by atoms with Crippen LogP contribution in [-0.2, 0) is 6.42 Å². The Labute approximate surface area is 153 Å². The molecule has 3 N–H and O–H groups in total. The predicted octanol–water partition coefficient (Wildman–Crippen LogP) is 3.58. The summed E-state index contributed by atoms with van der Waals surface area (Å²) in [7, 11) is 1.67. The van der Waals surface area contributed by atoms with Gasteiger partial charge in [-0.1, -0.05) is 43.3 Å². The minimum atomic E-state index is 0.0674. The second-order valence-corrected chi connectivity index (χ2v) is 6.55. The van der Waals surface area contributed by atoms with Gasteiger partial charge in [-0.3, -0.25) is 0 Å². The summed E-state index contributed by atoms with van der Waals surface area (Å²) in [6, 6.07) is 17.1. The molecule has 2 atom stereocenters. The van der Waals surface area contributed by atoms with Crippen molar-refractivity contribution in [2.75, 3.05) is 18.2 Å². The van der Waals surface area contributed by atoms with Gasteiger partial charge in [0.1, 0.15) is 5.75 Å². The highest BCUT2D eigenvalue weighted by Gasteiger charge is 2.30. The predicted molar refractivity (Wildman–Crippen MR) is 102 cm³/mol. The molecule has 0 bridgehead atoms. The molecule has 26 heavy (non-hydrogen) atoms. The van der Waals surface area contributed by atoms with Crippen molar-refractivity contribution in [1.82, 2.24) is 14.8 Å². The summed E-state index contributed by atoms with van der Waals surface area (Å²) in [4.78, 5) is 4.36. The molecule has 2 aromatic carbocycles. The maximum atomic E-state index is 5.86. The Balaban J connectivity index is 1.69. The first-order valence-corrected chi connectivity index (χ1v) is 8.89. The number of aromatic nitrogens is 3. The Kier molecular flexibility index (Phi) is 4.24. The molecule has 0 aliphatic carbocycles. The minimum absolute atomic E-state index is 0.0674. The molecule has 1 aromatic heterocycles. The van der Waals surface area contributed by atoms with Crippen molar-refractivity contribution in [3.05, 3.63) is 65.2 Å². The molecular weight excluding hydrogens is 326 g/mol. The van der Waals surface area contributed by atoms with Crippen LogP contribution in [0.1, 0.15) is 42.1 Å². The van der Waals surface area contributed by atoms with Gasteiger partial charge in [-0.2, -0.15) is 4.98 Å². The summed E-state index contributed by atoms with van der Waals surface area (Å²) in [6.45, 7) is 2.17. The molecule has 0 saturated carbocycles. The van der Waals surface area contributed by atoms with Gasteiger partial charge in [-0.25, -0.2) is 4.68 Å². The second-order valence-electron chi connectivity index (χ2n) is 6.55. The molecule has 6 nitrogen and oxygen atoms in total. The van der Waals surface area contributed by atoms with Crippen molar-refractivity contribution >= 4 is 11.9 Å². The topological polar surface area (TPSA) is 78.0 Å². The van der Waals surface area contributed by atoms with Gasteiger partial charge in [0, 0.05) is 0 Å². The number of nitrogen functional groups attached to an aromatic ring is 1. The number of nitrogens with two attached hydrogens (primary N) is 1. The average Bonchev–Trinajstić information content (AvgIpc) is 3.07. The van der Waals surface area contributed by atoms with E-state index in [0.29, 0.717) is 5.95 Å². The first-order valence-electron chi connectivity index (χ1n) is 8.89. The summed E-state index contributed by atoms with van der Waals surface area (Å²) in [5, 5.41) is 7.88. The molecule has 3 aromatic rings. The van der Waals surface area contributed by atoms with E-state index in [1.165, 1.54) is 11.1 Å². The van der Waals surface area contributed by atoms with Crippen molar-refractivity contribution in [2.24, 2.45) is 0 Å². The SMILES string of the molecule is CCc1ccc([C@@H]2C[C@@H](c3ccc(OC)cc3)n3nc(N)nc3N2)cc1. The van der Waals surface area contributed by atoms with Gasteiger partial charge in [0.25, 0.3) is 0 Å². The number of hydrogen-bond acceptors (Lipinski definition) is 5. The van der Waals surface area contributed by atoms with Gasteiger partial charge in [0.15, 0.2) is 0 Å². The highest BCUT2D eigenvalue weighted by atomic mass is 16.5. The molecule has 0 radical (unpaired) electrons. The quantitative estimate of drug-likeness (QED) is 0.753. The molecule has 0 fully saturated rings. The third-order valence-corrected chi connectivity index (χ3v) is 5.00. The Morgan fingerprint density at radius 3 is 2.46 bits per heavy atom. The number of ether oxygens (including phenoxy) is 1. The van der Waals surface area contributed by atoms with Gasteiger partial charge >= 0.3 is 0 Å². The van der Waals surface area contributed by atoms with E-state index in [4.69, 9.17) is 10.5 Å². The first-order chi connectivity index (χ1) is 12.7. The van der Waals surface area contributed by atoms with Crippen LogP contribution in [-0.4, -0.2) is 21.9 Å². The smallest absolute Gasteiger partial charge is 0.241 e. The molecule has 134 valence electrons. The molecule has 0 saturated heterocycles. The second kappa shape index (κ2) is 6.71. The van der Waals surface area contributed by atoms with Crippen LogP contribution in [0.5, 0.6) is 5.75 Å². The Hall–Kier alpha value is -3.02. The van der Waals surface area contributed by atoms with Gasteiger partial charge in [0.05, 0.1) is 19.2 Å². The lowest BCUT2D eigenvalue weighted by molar-refractivity contribution is 0.411. The van der Waals surface area contributed by atoms with Crippen LogP contribution in [0.15, 0.2) is 48.5 Å². The lowest BCUT2D eigenvalue weighted by Crippen LogP contribution is -2.28. The van der Waals surface area contributed by atoms with Gasteiger partial charge in [0.2, 0.25) is 11.9 Å². The lowest BCUT2D eigenvalue weighted by atomic mass is 9.93. The van der Waals surface area contributed by atoms with E-state index in [1.807, 2.05) is 16.8 Å². The number of anilines is 2. The zero-order chi connectivity index (χ0) is 18.1. The fraction of sp³-hybridized carbons (Fsp3) is 0.300. The molecule has 0 unspecified atom stereocenters. The zero-order valence-electron chi connectivity index (χ0n) is 15.0. The number of methoxy groups -OCH3 is 1. The van der Waals surface area contributed by atoms with Crippen molar-refractivity contribution < 1.29 is 4.74 Å². The highest BCUT2D eigenvalue weighted by molar-refractivity contribution is 5.42. The molecule has 0 amide bonds. The van der Waals surface area contributed by atoms with E-state index in [1.54, 1.807) is 7.11 Å². The number of aryl methyl sites for hydroxylation is 1. The summed E-state index contributed by atoms with van der Waals surface area (Å²) in [5.41, 5.74) is 9.60. The maximum absolute atomic E-state index is 5.86. The Morgan fingerprint density at radius 2 is 1.81 bits per heavy atom. The average molecular weight is 349 g/mol. The van der Waals surface area contributed by atoms with E-state index in [-0.39, 0.29) is 18.0 Å². The first kappa shape index (κ1) is 16.4. The van der Waals surface area contributed by atoms with E-state index in [0.717, 1.165) is 24.2 Å². The fourth-order valence-corrected chi connectivity index (χ4v) is 3.50. The molecule has 2 heterocycles. The monoisotopic (exact) mass is 349 g/mol. The zero-order valence-corrected chi connectivity index (χ0v) is 15.0. The van der Waals surface area contributed by atoms with Crippen LogP contribution in [0.3, 0.4) is 0 Å². The summed E-state index contributed by atoms with van der Waals surface area (Å²) < 4.78 is 7.16. The third-order valence-electron chi connectivity index (χ3n) is 5.00. The van der Waals surface area contributed by atoms with Gasteiger partial charge < -0.3 is 15.8 Å². The number of fused-ring (bicyclic) bond motifs is 1. The standard InChI is InChI=1S/C20H23N5O/c1-3-13-4-6-14(7-5-13)17-12-18(15-8-10-16(26-2)11-9-15)25-20(22-17)23-19(21)24-25/h4-11,17-18H,3,12H2,1-2H3,(H3,21,22,23,24)/t17-,18-/m0/s1. The van der Waals surface area contributed by atoms with Crippen molar-refractivity contribution in [1.29, 1.82) is 0 Å². The van der Waals surface area contributed by atoms with E-state index >= 15 is 0 Å². The van der Waals surface area contributed by atoms with Crippen molar-refractivity contribution in [3.63, 3.8) is 0 Å². The van der Waals surface area contributed by atoms with E-state index in [9.17, 15) is 0 Å². The summed E-state index contributed by atoms with van der Waals surface area (Å²) in [5.74, 6) is 1.83. The highest BCUT2D eigenvalue weighted by Crippen LogP contribution is 2.38. The van der Waals surface area contributed by atoms with Crippen LogP contribution < -0.4 is 15.8 Å². The molecule has 1 aliphatic heterocycles.